The minimum Gasteiger partial charge on any atom is -0.348 e. The number of amides is 1. The monoisotopic (exact) mass is 310 g/mol. The summed E-state index contributed by atoms with van der Waals surface area (Å²) in [5.74, 6) is 0.195. The van der Waals surface area contributed by atoms with E-state index >= 15 is 0 Å². The van der Waals surface area contributed by atoms with E-state index in [1.54, 1.807) is 16.2 Å². The lowest BCUT2D eigenvalue weighted by atomic mass is 10.0. The summed E-state index contributed by atoms with van der Waals surface area (Å²) in [6.45, 7) is 5.60. The zero-order valence-electron chi connectivity index (χ0n) is 13.3. The normalized spacial score (nSPS) is 17.1. The van der Waals surface area contributed by atoms with Crippen LogP contribution >= 0.6 is 11.3 Å². The van der Waals surface area contributed by atoms with E-state index in [9.17, 15) is 4.79 Å². The second kappa shape index (κ2) is 7.87. The van der Waals surface area contributed by atoms with Crippen molar-refractivity contribution in [1.82, 2.24) is 20.1 Å². The fourth-order valence-electron chi connectivity index (χ4n) is 2.53. The number of carbonyl (C=O) groups excluding carboxylic acids is 1. The molecule has 0 atom stereocenters. The molecule has 0 saturated carbocycles. The maximum atomic E-state index is 11.7. The van der Waals surface area contributed by atoms with Gasteiger partial charge in [-0.25, -0.2) is 4.98 Å². The van der Waals surface area contributed by atoms with E-state index in [0.717, 1.165) is 44.6 Å². The number of thiazole rings is 1. The predicted octanol–water partition coefficient (Wildman–Crippen LogP) is 1.14. The van der Waals surface area contributed by atoms with Gasteiger partial charge in [0, 0.05) is 57.3 Å². The molecule has 0 aliphatic carbocycles. The highest BCUT2D eigenvalue weighted by atomic mass is 32.1. The highest BCUT2D eigenvalue weighted by molar-refractivity contribution is 7.09. The summed E-state index contributed by atoms with van der Waals surface area (Å²) >= 11 is 1.74. The number of likely N-dealkylation sites (tertiary alicyclic amines) is 1. The average molecular weight is 310 g/mol. The number of nitrogens with zero attached hydrogens (tertiary/aromatic N) is 3. The standard InChI is InChI=1S/C15H26N4OS/c1-12-11-21-14(17-12)4-7-16-13-5-8-19(9-6-13)10-15(20)18(2)3/h11,13,16H,4-10H2,1-3H3. The van der Waals surface area contributed by atoms with Crippen LogP contribution in [0, 0.1) is 6.92 Å². The molecule has 21 heavy (non-hydrogen) atoms. The number of hydrogen-bond donors (Lipinski definition) is 1. The molecule has 0 bridgehead atoms. The molecule has 0 radical (unpaired) electrons. The Labute approximate surface area is 131 Å². The maximum Gasteiger partial charge on any atom is 0.236 e. The zero-order chi connectivity index (χ0) is 15.2. The van der Waals surface area contributed by atoms with Crippen molar-refractivity contribution in [2.75, 3.05) is 40.3 Å². The quantitative estimate of drug-likeness (QED) is 0.856. The van der Waals surface area contributed by atoms with E-state index in [4.69, 9.17) is 0 Å². The summed E-state index contributed by atoms with van der Waals surface area (Å²) in [7, 11) is 3.63. The van der Waals surface area contributed by atoms with Crippen LogP contribution in [0.1, 0.15) is 23.5 Å². The van der Waals surface area contributed by atoms with Crippen LogP contribution in [0.3, 0.4) is 0 Å². The fourth-order valence-corrected chi connectivity index (χ4v) is 3.30. The van der Waals surface area contributed by atoms with Crippen molar-refractivity contribution in [2.24, 2.45) is 0 Å². The number of aromatic nitrogens is 1. The highest BCUT2D eigenvalue weighted by Crippen LogP contribution is 2.12. The average Bonchev–Trinajstić information content (AvgIpc) is 2.86. The largest absolute Gasteiger partial charge is 0.348 e. The van der Waals surface area contributed by atoms with Gasteiger partial charge in [-0.1, -0.05) is 0 Å². The molecule has 1 aliphatic heterocycles. The molecule has 1 aliphatic rings. The van der Waals surface area contributed by atoms with Gasteiger partial charge in [-0.2, -0.15) is 0 Å². The smallest absolute Gasteiger partial charge is 0.236 e. The molecule has 5 nitrogen and oxygen atoms in total. The first-order chi connectivity index (χ1) is 10.0. The lowest BCUT2D eigenvalue weighted by molar-refractivity contribution is -0.130. The van der Waals surface area contributed by atoms with Crippen LogP contribution in [0.25, 0.3) is 0 Å². The Morgan fingerprint density at radius 3 is 2.76 bits per heavy atom. The Hall–Kier alpha value is -0.980. The molecule has 1 saturated heterocycles. The molecule has 6 heteroatoms. The number of likely N-dealkylation sites (N-methyl/N-ethyl adjacent to an activating group) is 1. The van der Waals surface area contributed by atoms with E-state index in [1.165, 1.54) is 5.01 Å². The second-order valence-corrected chi connectivity index (χ2v) is 6.87. The third-order valence-corrected chi connectivity index (χ3v) is 4.91. The van der Waals surface area contributed by atoms with E-state index in [0.29, 0.717) is 12.6 Å². The Morgan fingerprint density at radius 1 is 1.48 bits per heavy atom. The van der Waals surface area contributed by atoms with Crippen molar-refractivity contribution in [3.8, 4) is 0 Å². The molecule has 0 unspecified atom stereocenters. The van der Waals surface area contributed by atoms with Crippen LogP contribution in [-0.4, -0.2) is 67.0 Å². The van der Waals surface area contributed by atoms with Gasteiger partial charge in [-0.3, -0.25) is 9.69 Å². The lowest BCUT2D eigenvalue weighted by Crippen LogP contribution is -2.46. The van der Waals surface area contributed by atoms with Crippen molar-refractivity contribution in [3.63, 3.8) is 0 Å². The van der Waals surface area contributed by atoms with Gasteiger partial charge in [0.05, 0.1) is 11.6 Å². The first kappa shape index (κ1) is 16.4. The summed E-state index contributed by atoms with van der Waals surface area (Å²) < 4.78 is 0. The molecule has 118 valence electrons. The predicted molar refractivity (Wildman–Crippen MR) is 86.7 cm³/mol. The third kappa shape index (κ3) is 5.37. The minimum absolute atomic E-state index is 0.195. The molecular weight excluding hydrogens is 284 g/mol. The van der Waals surface area contributed by atoms with Crippen LogP contribution in [0.5, 0.6) is 0 Å². The molecular formula is C15H26N4OS. The SMILES string of the molecule is Cc1csc(CCNC2CCN(CC(=O)N(C)C)CC2)n1. The summed E-state index contributed by atoms with van der Waals surface area (Å²) in [4.78, 5) is 20.1. The van der Waals surface area contributed by atoms with Gasteiger partial charge in [0.2, 0.25) is 5.91 Å². The number of hydrogen-bond acceptors (Lipinski definition) is 5. The van der Waals surface area contributed by atoms with Gasteiger partial charge in [-0.15, -0.1) is 11.3 Å². The molecule has 1 aromatic heterocycles. The van der Waals surface area contributed by atoms with Crippen LogP contribution in [-0.2, 0) is 11.2 Å². The number of piperidine rings is 1. The molecule has 0 spiro atoms. The Balaban J connectivity index is 1.62. The zero-order valence-corrected chi connectivity index (χ0v) is 14.1. The number of rotatable bonds is 6. The summed E-state index contributed by atoms with van der Waals surface area (Å²) in [6, 6.07) is 0.580. The Bertz CT molecular complexity index is 452. The number of aryl methyl sites for hydroxylation is 1. The van der Waals surface area contributed by atoms with Crippen LogP contribution in [0.2, 0.25) is 0 Å². The van der Waals surface area contributed by atoms with Gasteiger partial charge in [0.1, 0.15) is 0 Å². The molecule has 0 aromatic carbocycles. The molecule has 2 rings (SSSR count). The Kier molecular flexibility index (Phi) is 6.14. The van der Waals surface area contributed by atoms with Crippen molar-refractivity contribution in [1.29, 1.82) is 0 Å². The number of carbonyl (C=O) groups is 1. The van der Waals surface area contributed by atoms with Gasteiger partial charge in [0.25, 0.3) is 0 Å². The third-order valence-electron chi connectivity index (χ3n) is 3.88. The van der Waals surface area contributed by atoms with Crippen molar-refractivity contribution < 1.29 is 4.79 Å². The van der Waals surface area contributed by atoms with Gasteiger partial charge >= 0.3 is 0 Å². The first-order valence-electron chi connectivity index (χ1n) is 7.61. The molecule has 1 fully saturated rings. The van der Waals surface area contributed by atoms with Crippen molar-refractivity contribution in [2.45, 2.75) is 32.2 Å². The Morgan fingerprint density at radius 2 is 2.19 bits per heavy atom. The van der Waals surface area contributed by atoms with Crippen LogP contribution < -0.4 is 5.32 Å². The van der Waals surface area contributed by atoms with Gasteiger partial charge in [-0.05, 0) is 19.8 Å². The molecule has 2 heterocycles. The molecule has 1 N–H and O–H groups in total. The van der Waals surface area contributed by atoms with Crippen LogP contribution in [0.15, 0.2) is 5.38 Å². The minimum atomic E-state index is 0.195. The maximum absolute atomic E-state index is 11.7. The number of nitrogens with one attached hydrogen (secondary N) is 1. The van der Waals surface area contributed by atoms with Crippen molar-refractivity contribution >= 4 is 17.2 Å². The van der Waals surface area contributed by atoms with E-state index in [-0.39, 0.29) is 5.91 Å². The first-order valence-corrected chi connectivity index (χ1v) is 8.49. The topological polar surface area (TPSA) is 48.5 Å². The highest BCUT2D eigenvalue weighted by Gasteiger charge is 2.20. The van der Waals surface area contributed by atoms with Crippen molar-refractivity contribution in [3.05, 3.63) is 16.1 Å². The van der Waals surface area contributed by atoms with E-state index in [2.05, 4.69) is 20.6 Å². The van der Waals surface area contributed by atoms with E-state index < -0.39 is 0 Å². The van der Waals surface area contributed by atoms with Gasteiger partial charge in [0.15, 0.2) is 0 Å². The fraction of sp³-hybridized carbons (Fsp3) is 0.733. The second-order valence-electron chi connectivity index (χ2n) is 5.93. The van der Waals surface area contributed by atoms with Gasteiger partial charge < -0.3 is 10.2 Å². The van der Waals surface area contributed by atoms with Crippen LogP contribution in [0.4, 0.5) is 0 Å². The summed E-state index contributed by atoms with van der Waals surface area (Å²) in [5.41, 5.74) is 1.12. The molecule has 1 amide bonds. The lowest BCUT2D eigenvalue weighted by Gasteiger charge is -2.32. The summed E-state index contributed by atoms with van der Waals surface area (Å²) in [5, 5.41) is 6.94. The van der Waals surface area contributed by atoms with E-state index in [1.807, 2.05) is 21.0 Å². The molecule has 1 aromatic rings. The summed E-state index contributed by atoms with van der Waals surface area (Å²) in [6.07, 6.45) is 3.26.